The summed E-state index contributed by atoms with van der Waals surface area (Å²) in [5.41, 5.74) is 1.10. The lowest BCUT2D eigenvalue weighted by Gasteiger charge is -2.09. The predicted molar refractivity (Wildman–Crippen MR) is 98.5 cm³/mol. The molecule has 1 aromatic carbocycles. The van der Waals surface area contributed by atoms with Crippen LogP contribution < -0.4 is 10.6 Å². The first-order chi connectivity index (χ1) is 12.5. The first-order valence-electron chi connectivity index (χ1n) is 8.73. The van der Waals surface area contributed by atoms with Crippen LogP contribution in [0.3, 0.4) is 0 Å². The van der Waals surface area contributed by atoms with Crippen LogP contribution in [0, 0.1) is 11.7 Å². The lowest BCUT2D eigenvalue weighted by Crippen LogP contribution is -2.28. The Bertz CT molecular complexity index is 762. The second kappa shape index (κ2) is 9.65. The standard InChI is InChI=1S/C20H24FN3O2/c1-14(2)7-10-24-20(26)18-13-16(9-11-22-18)19(25)23-12-8-15-5-3-4-6-17(15)21/h3-6,9,11,13-14H,7-8,10,12H2,1-2H3,(H,23,25)(H,24,26). The highest BCUT2D eigenvalue weighted by atomic mass is 19.1. The van der Waals surface area contributed by atoms with Crippen LogP contribution in [0.25, 0.3) is 0 Å². The maximum absolute atomic E-state index is 13.6. The number of carbonyl (C=O) groups is 2. The lowest BCUT2D eigenvalue weighted by atomic mass is 10.1. The van der Waals surface area contributed by atoms with Crippen molar-refractivity contribution in [2.75, 3.05) is 13.1 Å². The highest BCUT2D eigenvalue weighted by Crippen LogP contribution is 2.07. The van der Waals surface area contributed by atoms with Crippen LogP contribution in [0.5, 0.6) is 0 Å². The van der Waals surface area contributed by atoms with E-state index < -0.39 is 0 Å². The van der Waals surface area contributed by atoms with E-state index in [1.165, 1.54) is 18.3 Å². The molecule has 0 aliphatic rings. The molecule has 2 N–H and O–H groups in total. The maximum Gasteiger partial charge on any atom is 0.269 e. The fourth-order valence-corrected chi connectivity index (χ4v) is 2.37. The van der Waals surface area contributed by atoms with E-state index >= 15 is 0 Å². The molecule has 1 aromatic heterocycles. The first kappa shape index (κ1) is 19.6. The summed E-state index contributed by atoms with van der Waals surface area (Å²) in [6, 6.07) is 9.47. The highest BCUT2D eigenvalue weighted by molar-refractivity contribution is 5.98. The van der Waals surface area contributed by atoms with Crippen molar-refractivity contribution < 1.29 is 14.0 Å². The first-order valence-corrected chi connectivity index (χ1v) is 8.73. The van der Waals surface area contributed by atoms with Gasteiger partial charge in [-0.25, -0.2) is 4.39 Å². The molecule has 0 bridgehead atoms. The minimum atomic E-state index is -0.319. The molecule has 26 heavy (non-hydrogen) atoms. The molecule has 0 aliphatic carbocycles. The SMILES string of the molecule is CC(C)CCNC(=O)c1cc(C(=O)NCCc2ccccc2F)ccn1. The van der Waals surface area contributed by atoms with Gasteiger partial charge in [0.05, 0.1) is 0 Å². The zero-order valence-electron chi connectivity index (χ0n) is 15.1. The summed E-state index contributed by atoms with van der Waals surface area (Å²) in [5, 5.41) is 5.53. The Morgan fingerprint density at radius 2 is 1.81 bits per heavy atom. The van der Waals surface area contributed by atoms with Gasteiger partial charge in [-0.1, -0.05) is 32.0 Å². The second-order valence-corrected chi connectivity index (χ2v) is 6.47. The van der Waals surface area contributed by atoms with Crippen LogP contribution in [0.2, 0.25) is 0 Å². The topological polar surface area (TPSA) is 71.1 Å². The number of rotatable bonds is 8. The van der Waals surface area contributed by atoms with Crippen LogP contribution >= 0.6 is 0 Å². The molecule has 0 aliphatic heterocycles. The van der Waals surface area contributed by atoms with Crippen molar-refractivity contribution in [3.63, 3.8) is 0 Å². The van der Waals surface area contributed by atoms with Gasteiger partial charge >= 0.3 is 0 Å². The molecule has 0 spiro atoms. The Morgan fingerprint density at radius 1 is 1.08 bits per heavy atom. The Balaban J connectivity index is 1.89. The zero-order chi connectivity index (χ0) is 18.9. The monoisotopic (exact) mass is 357 g/mol. The minimum absolute atomic E-state index is 0.204. The normalized spacial score (nSPS) is 10.6. The number of halogens is 1. The number of nitrogens with zero attached hydrogens (tertiary/aromatic N) is 1. The van der Waals surface area contributed by atoms with Crippen molar-refractivity contribution in [3.05, 3.63) is 65.2 Å². The second-order valence-electron chi connectivity index (χ2n) is 6.47. The van der Waals surface area contributed by atoms with Gasteiger partial charge < -0.3 is 10.6 Å². The van der Waals surface area contributed by atoms with Gasteiger partial charge in [0.1, 0.15) is 11.5 Å². The number of aromatic nitrogens is 1. The summed E-state index contributed by atoms with van der Waals surface area (Å²) in [7, 11) is 0. The number of amides is 2. The fourth-order valence-electron chi connectivity index (χ4n) is 2.37. The number of hydrogen-bond acceptors (Lipinski definition) is 3. The third-order valence-corrected chi connectivity index (χ3v) is 3.90. The van der Waals surface area contributed by atoms with Crippen molar-refractivity contribution in [2.24, 2.45) is 5.92 Å². The summed E-state index contributed by atoms with van der Waals surface area (Å²) in [6.07, 6.45) is 2.71. The van der Waals surface area contributed by atoms with Gasteiger partial charge in [0.15, 0.2) is 0 Å². The van der Waals surface area contributed by atoms with Gasteiger partial charge in [-0.05, 0) is 42.5 Å². The highest BCUT2D eigenvalue weighted by Gasteiger charge is 2.12. The van der Waals surface area contributed by atoms with Crippen molar-refractivity contribution in [1.29, 1.82) is 0 Å². The summed E-state index contributed by atoms with van der Waals surface area (Å²) in [6.45, 7) is 5.03. The molecule has 0 saturated carbocycles. The predicted octanol–water partition coefficient (Wildman–Crippen LogP) is 2.97. The number of benzene rings is 1. The minimum Gasteiger partial charge on any atom is -0.352 e. The average Bonchev–Trinajstić information content (AvgIpc) is 2.63. The van der Waals surface area contributed by atoms with Gasteiger partial charge in [0.2, 0.25) is 0 Å². The number of nitrogens with one attached hydrogen (secondary N) is 2. The molecule has 0 atom stereocenters. The molecule has 2 aromatic rings. The van der Waals surface area contributed by atoms with Gasteiger partial charge in [-0.2, -0.15) is 0 Å². The van der Waals surface area contributed by atoms with E-state index in [0.29, 0.717) is 36.6 Å². The third kappa shape index (κ3) is 5.95. The van der Waals surface area contributed by atoms with Gasteiger partial charge in [0, 0.05) is 24.8 Å². The summed E-state index contributed by atoms with van der Waals surface area (Å²) < 4.78 is 13.6. The molecule has 6 heteroatoms. The maximum atomic E-state index is 13.6. The van der Waals surface area contributed by atoms with Crippen molar-refractivity contribution >= 4 is 11.8 Å². The largest absolute Gasteiger partial charge is 0.352 e. The number of carbonyl (C=O) groups excluding carboxylic acids is 2. The van der Waals surface area contributed by atoms with Crippen LogP contribution in [-0.2, 0) is 6.42 Å². The smallest absolute Gasteiger partial charge is 0.269 e. The molecule has 0 saturated heterocycles. The molecule has 0 fully saturated rings. The summed E-state index contributed by atoms with van der Waals surface area (Å²) >= 11 is 0. The quantitative estimate of drug-likeness (QED) is 0.763. The molecule has 1 heterocycles. The van der Waals surface area contributed by atoms with E-state index in [4.69, 9.17) is 0 Å². The van der Waals surface area contributed by atoms with Crippen LogP contribution in [0.4, 0.5) is 4.39 Å². The fraction of sp³-hybridized carbons (Fsp3) is 0.350. The van der Waals surface area contributed by atoms with Gasteiger partial charge in [0.25, 0.3) is 11.8 Å². The van der Waals surface area contributed by atoms with Crippen molar-refractivity contribution in [3.8, 4) is 0 Å². The van der Waals surface area contributed by atoms with Crippen LogP contribution in [0.15, 0.2) is 42.6 Å². The number of pyridine rings is 1. The Labute approximate surface area is 153 Å². The third-order valence-electron chi connectivity index (χ3n) is 3.90. The van der Waals surface area contributed by atoms with Gasteiger partial charge in [-0.15, -0.1) is 0 Å². The van der Waals surface area contributed by atoms with E-state index in [9.17, 15) is 14.0 Å². The van der Waals surface area contributed by atoms with E-state index in [1.54, 1.807) is 24.3 Å². The molecule has 2 rings (SSSR count). The van der Waals surface area contributed by atoms with E-state index in [0.717, 1.165) is 6.42 Å². The molecule has 2 amide bonds. The van der Waals surface area contributed by atoms with Crippen molar-refractivity contribution in [2.45, 2.75) is 26.7 Å². The van der Waals surface area contributed by atoms with Crippen LogP contribution in [-0.4, -0.2) is 29.9 Å². The van der Waals surface area contributed by atoms with Crippen molar-refractivity contribution in [1.82, 2.24) is 15.6 Å². The Hall–Kier alpha value is -2.76. The molecule has 5 nitrogen and oxygen atoms in total. The molecule has 138 valence electrons. The molecule has 0 unspecified atom stereocenters. The van der Waals surface area contributed by atoms with Crippen LogP contribution in [0.1, 0.15) is 46.7 Å². The zero-order valence-corrected chi connectivity index (χ0v) is 15.1. The number of hydrogen-bond donors (Lipinski definition) is 2. The van der Waals surface area contributed by atoms with Gasteiger partial charge in [-0.3, -0.25) is 14.6 Å². The summed E-state index contributed by atoms with van der Waals surface area (Å²) in [5.74, 6) is -0.410. The lowest BCUT2D eigenvalue weighted by molar-refractivity contribution is 0.0947. The van der Waals surface area contributed by atoms with E-state index in [1.807, 2.05) is 0 Å². The average molecular weight is 357 g/mol. The Kier molecular flexibility index (Phi) is 7.26. The molecule has 0 radical (unpaired) electrons. The summed E-state index contributed by atoms with van der Waals surface area (Å²) in [4.78, 5) is 28.3. The molecular formula is C20H24FN3O2. The Morgan fingerprint density at radius 3 is 2.54 bits per heavy atom. The van der Waals surface area contributed by atoms with E-state index in [-0.39, 0.29) is 23.3 Å². The van der Waals surface area contributed by atoms with E-state index in [2.05, 4.69) is 29.5 Å². The molecular weight excluding hydrogens is 333 g/mol.